The summed E-state index contributed by atoms with van der Waals surface area (Å²) >= 11 is 0. The first-order valence-corrected chi connectivity index (χ1v) is 8.53. The summed E-state index contributed by atoms with van der Waals surface area (Å²) in [6.07, 6.45) is 2.16. The maximum Gasteiger partial charge on any atom is 0.191 e. The number of hydrogen-bond acceptors (Lipinski definition) is 3. The van der Waals surface area contributed by atoms with Gasteiger partial charge in [-0.3, -0.25) is 0 Å². The van der Waals surface area contributed by atoms with Gasteiger partial charge >= 0.3 is 0 Å². The number of rotatable bonds is 10. The second-order valence-corrected chi connectivity index (χ2v) is 5.59. The first-order valence-electron chi connectivity index (χ1n) is 8.53. The quantitative estimate of drug-likeness (QED) is 0.250. The zero-order valence-corrected chi connectivity index (χ0v) is 17.8. The predicted molar refractivity (Wildman–Crippen MR) is 115 cm³/mol. The smallest absolute Gasteiger partial charge is 0.191 e. The molecule has 2 N–H and O–H groups in total. The van der Waals surface area contributed by atoms with Crippen molar-refractivity contribution in [3.63, 3.8) is 0 Å². The van der Waals surface area contributed by atoms with E-state index in [0.29, 0.717) is 6.54 Å². The Bertz CT molecular complexity index is 449. The van der Waals surface area contributed by atoms with Crippen molar-refractivity contribution in [3.05, 3.63) is 29.8 Å². The maximum absolute atomic E-state index is 5.34. The Morgan fingerprint density at radius 3 is 2.38 bits per heavy atom. The molecule has 0 aliphatic heterocycles. The lowest BCUT2D eigenvalue weighted by Crippen LogP contribution is -2.37. The number of benzene rings is 1. The van der Waals surface area contributed by atoms with Crippen molar-refractivity contribution < 1.29 is 4.74 Å². The fraction of sp³-hybridized carbons (Fsp3) is 0.611. The van der Waals surface area contributed by atoms with Gasteiger partial charge in [-0.25, -0.2) is 4.99 Å². The molecule has 5 nitrogen and oxygen atoms in total. The number of nitrogens with one attached hydrogen (secondary N) is 2. The van der Waals surface area contributed by atoms with Crippen LogP contribution in [0.15, 0.2) is 29.3 Å². The number of anilines is 1. The molecule has 1 aromatic carbocycles. The molecule has 24 heavy (non-hydrogen) atoms. The van der Waals surface area contributed by atoms with Crippen LogP contribution in [0, 0.1) is 0 Å². The van der Waals surface area contributed by atoms with Crippen LogP contribution in [0.3, 0.4) is 0 Å². The van der Waals surface area contributed by atoms with Crippen LogP contribution in [0.1, 0.15) is 32.3 Å². The molecule has 0 aromatic heterocycles. The second kappa shape index (κ2) is 14.3. The molecule has 1 aromatic rings. The second-order valence-electron chi connectivity index (χ2n) is 5.59. The molecular weight excluding hydrogens is 415 g/mol. The average Bonchev–Trinajstić information content (AvgIpc) is 2.56. The van der Waals surface area contributed by atoms with Gasteiger partial charge in [0.15, 0.2) is 5.96 Å². The average molecular weight is 448 g/mol. The fourth-order valence-electron chi connectivity index (χ4n) is 2.09. The van der Waals surface area contributed by atoms with Crippen molar-refractivity contribution in [1.29, 1.82) is 0 Å². The molecule has 0 heterocycles. The summed E-state index contributed by atoms with van der Waals surface area (Å²) < 4.78 is 5.34. The van der Waals surface area contributed by atoms with E-state index in [2.05, 4.69) is 51.7 Å². The highest BCUT2D eigenvalue weighted by Crippen LogP contribution is 2.12. The van der Waals surface area contributed by atoms with E-state index in [0.717, 1.165) is 45.1 Å². The predicted octanol–water partition coefficient (Wildman–Crippen LogP) is 3.24. The van der Waals surface area contributed by atoms with Crippen molar-refractivity contribution >= 4 is 35.6 Å². The summed E-state index contributed by atoms with van der Waals surface area (Å²) in [5, 5.41) is 6.66. The van der Waals surface area contributed by atoms with Gasteiger partial charge < -0.3 is 20.3 Å². The summed E-state index contributed by atoms with van der Waals surface area (Å²) in [6, 6.07) is 8.51. The summed E-state index contributed by atoms with van der Waals surface area (Å²) in [5.74, 6) is 0.876. The van der Waals surface area contributed by atoms with E-state index in [1.165, 1.54) is 11.3 Å². The van der Waals surface area contributed by atoms with Gasteiger partial charge in [-0.1, -0.05) is 12.1 Å². The van der Waals surface area contributed by atoms with E-state index in [1.807, 2.05) is 21.0 Å². The highest BCUT2D eigenvalue weighted by atomic mass is 127. The largest absolute Gasteiger partial charge is 0.382 e. The number of unbranched alkanes of at least 4 members (excludes halogenated alkanes) is 1. The topological polar surface area (TPSA) is 48.9 Å². The van der Waals surface area contributed by atoms with Crippen molar-refractivity contribution in [2.24, 2.45) is 4.99 Å². The number of aliphatic imine (C=N–C) groups is 1. The van der Waals surface area contributed by atoms with Gasteiger partial charge in [-0.2, -0.15) is 0 Å². The highest BCUT2D eigenvalue weighted by Gasteiger charge is 1.99. The van der Waals surface area contributed by atoms with Crippen LogP contribution in [-0.2, 0) is 11.3 Å². The van der Waals surface area contributed by atoms with Crippen LogP contribution < -0.4 is 15.5 Å². The number of hydrogen-bond donors (Lipinski definition) is 2. The zero-order valence-electron chi connectivity index (χ0n) is 15.5. The van der Waals surface area contributed by atoms with E-state index >= 15 is 0 Å². The molecule has 0 aliphatic rings. The molecule has 0 saturated carbocycles. The van der Waals surface area contributed by atoms with Crippen LogP contribution in [0.4, 0.5) is 5.69 Å². The maximum atomic E-state index is 5.34. The third-order valence-corrected chi connectivity index (χ3v) is 3.43. The molecule has 138 valence electrons. The third kappa shape index (κ3) is 9.97. The van der Waals surface area contributed by atoms with Gasteiger partial charge in [0.2, 0.25) is 0 Å². The van der Waals surface area contributed by atoms with Gasteiger partial charge in [0, 0.05) is 46.1 Å². The van der Waals surface area contributed by atoms with Crippen LogP contribution >= 0.6 is 24.0 Å². The molecule has 0 saturated heterocycles. The lowest BCUT2D eigenvalue weighted by molar-refractivity contribution is 0.143. The number of nitrogens with zero attached hydrogens (tertiary/aromatic N) is 2. The van der Waals surface area contributed by atoms with Gasteiger partial charge in [0.25, 0.3) is 0 Å². The van der Waals surface area contributed by atoms with Crippen LogP contribution in [0.25, 0.3) is 0 Å². The van der Waals surface area contributed by atoms with Gasteiger partial charge in [0.05, 0.1) is 6.54 Å². The van der Waals surface area contributed by atoms with Crippen LogP contribution in [0.5, 0.6) is 0 Å². The van der Waals surface area contributed by atoms with Crippen LogP contribution in [-0.4, -0.2) is 46.4 Å². The van der Waals surface area contributed by atoms with Crippen molar-refractivity contribution in [2.45, 2.75) is 33.2 Å². The minimum absolute atomic E-state index is 0. The Hall–Kier alpha value is -1.02. The van der Waals surface area contributed by atoms with Crippen LogP contribution in [0.2, 0.25) is 0 Å². The Labute approximate surface area is 164 Å². The molecule has 0 amide bonds. The molecule has 1 rings (SSSR count). The highest BCUT2D eigenvalue weighted by molar-refractivity contribution is 14.0. The lowest BCUT2D eigenvalue weighted by atomic mass is 10.2. The normalized spacial score (nSPS) is 10.9. The van der Waals surface area contributed by atoms with E-state index < -0.39 is 0 Å². The molecule has 0 aliphatic carbocycles. The zero-order chi connectivity index (χ0) is 16.9. The first-order chi connectivity index (χ1) is 11.2. The number of ether oxygens (including phenoxy) is 1. The Morgan fingerprint density at radius 2 is 1.79 bits per heavy atom. The van der Waals surface area contributed by atoms with E-state index in [1.54, 1.807) is 0 Å². The molecule has 0 spiro atoms. The molecule has 0 bridgehead atoms. The summed E-state index contributed by atoms with van der Waals surface area (Å²) in [5.41, 5.74) is 2.42. The van der Waals surface area contributed by atoms with Crippen molar-refractivity contribution in [2.75, 3.05) is 45.3 Å². The lowest BCUT2D eigenvalue weighted by Gasteiger charge is -2.13. The SMILES string of the molecule is CCNC(=NCc1ccc(N(C)C)cc1)NCCCCOCC.I. The first kappa shape index (κ1) is 23.0. The van der Waals surface area contributed by atoms with E-state index in [4.69, 9.17) is 4.74 Å². The number of guanidine groups is 1. The molecule has 6 heteroatoms. The molecule has 0 atom stereocenters. The molecular formula is C18H33IN4O. The third-order valence-electron chi connectivity index (χ3n) is 3.43. The Morgan fingerprint density at radius 1 is 1.08 bits per heavy atom. The van der Waals surface area contributed by atoms with E-state index in [-0.39, 0.29) is 24.0 Å². The summed E-state index contributed by atoms with van der Waals surface area (Å²) in [7, 11) is 4.10. The van der Waals surface area contributed by atoms with Crippen molar-refractivity contribution in [3.8, 4) is 0 Å². The molecule has 0 unspecified atom stereocenters. The standard InChI is InChI=1S/C18H32N4O.HI/c1-5-19-18(20-13-7-8-14-23-6-2)21-15-16-9-11-17(12-10-16)22(3)4;/h9-12H,5-8,13-15H2,1-4H3,(H2,19,20,21);1H. The number of halogens is 1. The van der Waals surface area contributed by atoms with Gasteiger partial charge in [-0.05, 0) is 44.4 Å². The fourth-order valence-corrected chi connectivity index (χ4v) is 2.09. The minimum Gasteiger partial charge on any atom is -0.382 e. The molecule has 0 radical (unpaired) electrons. The van der Waals surface area contributed by atoms with Crippen molar-refractivity contribution in [1.82, 2.24) is 10.6 Å². The van der Waals surface area contributed by atoms with E-state index in [9.17, 15) is 0 Å². The summed E-state index contributed by atoms with van der Waals surface area (Å²) in [4.78, 5) is 6.74. The summed E-state index contributed by atoms with van der Waals surface area (Å²) in [6.45, 7) is 8.20. The van der Waals surface area contributed by atoms with Gasteiger partial charge in [-0.15, -0.1) is 24.0 Å². The monoisotopic (exact) mass is 448 g/mol. The minimum atomic E-state index is 0. The van der Waals surface area contributed by atoms with Gasteiger partial charge in [0.1, 0.15) is 0 Å². The Balaban J connectivity index is 0.00000529. The molecule has 0 fully saturated rings. The Kier molecular flexibility index (Phi) is 13.7.